The molecule has 8 heteroatoms. The maximum absolute atomic E-state index is 11.0. The summed E-state index contributed by atoms with van der Waals surface area (Å²) in [5.41, 5.74) is -0.0941. The minimum Gasteiger partial charge on any atom is -0.379 e. The molecule has 1 aromatic heterocycles. The lowest BCUT2D eigenvalue weighted by molar-refractivity contribution is -0.384. The summed E-state index contributed by atoms with van der Waals surface area (Å²) >= 11 is 0. The Morgan fingerprint density at radius 1 is 1.67 bits per heavy atom. The van der Waals surface area contributed by atoms with Gasteiger partial charge < -0.3 is 15.0 Å². The van der Waals surface area contributed by atoms with Gasteiger partial charge in [0.2, 0.25) is 11.8 Å². The first-order chi connectivity index (χ1) is 8.63. The number of nitro groups is 1. The number of hydrogen-bond acceptors (Lipinski definition) is 7. The lowest BCUT2D eigenvalue weighted by Gasteiger charge is -2.23. The molecular formula is C10H15N5O3. The van der Waals surface area contributed by atoms with Gasteiger partial charge >= 0.3 is 5.69 Å². The van der Waals surface area contributed by atoms with Gasteiger partial charge in [0, 0.05) is 20.7 Å². The Hall–Kier alpha value is -1.96. The molecule has 1 aromatic rings. The summed E-state index contributed by atoms with van der Waals surface area (Å²) < 4.78 is 5.29. The number of anilines is 2. The molecule has 0 amide bonds. The van der Waals surface area contributed by atoms with Gasteiger partial charge in [-0.25, -0.2) is 4.98 Å². The molecule has 1 fully saturated rings. The van der Waals surface area contributed by atoms with Gasteiger partial charge in [-0.2, -0.15) is 4.98 Å². The van der Waals surface area contributed by atoms with Crippen LogP contribution in [-0.2, 0) is 4.74 Å². The zero-order chi connectivity index (χ0) is 13.1. The van der Waals surface area contributed by atoms with Crippen LogP contribution in [0.3, 0.4) is 0 Å². The van der Waals surface area contributed by atoms with E-state index in [1.165, 1.54) is 6.20 Å². The van der Waals surface area contributed by atoms with Crippen LogP contribution in [0.15, 0.2) is 6.20 Å². The first-order valence-corrected chi connectivity index (χ1v) is 5.63. The molecule has 0 aliphatic carbocycles. The van der Waals surface area contributed by atoms with E-state index in [4.69, 9.17) is 4.74 Å². The molecule has 0 saturated carbocycles. The molecule has 8 nitrogen and oxygen atoms in total. The van der Waals surface area contributed by atoms with Crippen molar-refractivity contribution in [2.75, 3.05) is 37.5 Å². The van der Waals surface area contributed by atoms with Crippen LogP contribution in [-0.4, -0.2) is 48.2 Å². The predicted molar refractivity (Wildman–Crippen MR) is 65.9 cm³/mol. The Kier molecular flexibility index (Phi) is 3.56. The van der Waals surface area contributed by atoms with Crippen LogP contribution in [0.2, 0.25) is 0 Å². The third kappa shape index (κ3) is 2.33. The van der Waals surface area contributed by atoms with Gasteiger partial charge in [0.05, 0.1) is 17.6 Å². The molecule has 0 aromatic carbocycles. The molecule has 0 spiro atoms. The smallest absolute Gasteiger partial charge is 0.329 e. The largest absolute Gasteiger partial charge is 0.379 e. The number of nitrogens with one attached hydrogen (secondary N) is 1. The zero-order valence-electron chi connectivity index (χ0n) is 10.3. The van der Waals surface area contributed by atoms with Crippen molar-refractivity contribution in [3.05, 3.63) is 16.3 Å². The highest BCUT2D eigenvalue weighted by Crippen LogP contribution is 2.28. The van der Waals surface area contributed by atoms with Crippen LogP contribution in [0.4, 0.5) is 17.5 Å². The molecule has 1 atom stereocenters. The predicted octanol–water partition coefficient (Wildman–Crippen LogP) is 0.652. The number of likely N-dealkylation sites (N-methyl/N-ethyl adjacent to an activating group) is 1. The standard InChI is InChI=1S/C10H15N5O3/c1-11-10-12-5-8(15(16)17)9(13-10)14(2)7-3-4-18-6-7/h5,7H,3-4,6H2,1-2H3,(H,11,12,13). The van der Waals surface area contributed by atoms with Crippen LogP contribution in [0.25, 0.3) is 0 Å². The first-order valence-electron chi connectivity index (χ1n) is 5.63. The van der Waals surface area contributed by atoms with Crippen LogP contribution in [0, 0.1) is 10.1 Å². The third-order valence-electron chi connectivity index (χ3n) is 2.96. The van der Waals surface area contributed by atoms with Gasteiger partial charge in [0.1, 0.15) is 6.20 Å². The molecule has 1 N–H and O–H groups in total. The van der Waals surface area contributed by atoms with Gasteiger partial charge in [-0.15, -0.1) is 0 Å². The Bertz CT molecular complexity index is 447. The highest BCUT2D eigenvalue weighted by atomic mass is 16.6. The molecule has 1 unspecified atom stereocenters. The minimum atomic E-state index is -0.471. The van der Waals surface area contributed by atoms with Gasteiger partial charge in [0.25, 0.3) is 0 Å². The van der Waals surface area contributed by atoms with Crippen LogP contribution < -0.4 is 10.2 Å². The maximum Gasteiger partial charge on any atom is 0.329 e. The third-order valence-corrected chi connectivity index (χ3v) is 2.96. The summed E-state index contributed by atoms with van der Waals surface area (Å²) in [6, 6.07) is 0.114. The highest BCUT2D eigenvalue weighted by molar-refractivity contribution is 5.59. The van der Waals surface area contributed by atoms with Gasteiger partial charge in [-0.1, -0.05) is 0 Å². The van der Waals surface area contributed by atoms with Crippen LogP contribution in [0.5, 0.6) is 0 Å². The summed E-state index contributed by atoms with van der Waals surface area (Å²) in [4.78, 5) is 20.3. The first kappa shape index (κ1) is 12.5. The van der Waals surface area contributed by atoms with E-state index in [9.17, 15) is 10.1 Å². The fraction of sp³-hybridized carbons (Fsp3) is 0.600. The average molecular weight is 253 g/mol. The molecule has 2 heterocycles. The van der Waals surface area contributed by atoms with Crippen molar-refractivity contribution in [2.24, 2.45) is 0 Å². The second-order valence-corrected chi connectivity index (χ2v) is 4.04. The molecular weight excluding hydrogens is 238 g/mol. The molecule has 1 aliphatic heterocycles. The summed E-state index contributed by atoms with van der Waals surface area (Å²) in [7, 11) is 3.46. The summed E-state index contributed by atoms with van der Waals surface area (Å²) in [5, 5.41) is 13.8. The second-order valence-electron chi connectivity index (χ2n) is 4.04. The normalized spacial score (nSPS) is 18.7. The topological polar surface area (TPSA) is 93.4 Å². The quantitative estimate of drug-likeness (QED) is 0.622. The van der Waals surface area contributed by atoms with E-state index in [-0.39, 0.29) is 11.7 Å². The van der Waals surface area contributed by atoms with E-state index in [0.29, 0.717) is 25.0 Å². The van der Waals surface area contributed by atoms with Gasteiger partial charge in [-0.05, 0) is 6.42 Å². The Balaban J connectivity index is 2.35. The molecule has 98 valence electrons. The molecule has 18 heavy (non-hydrogen) atoms. The fourth-order valence-corrected chi connectivity index (χ4v) is 1.88. The van der Waals surface area contributed by atoms with Crippen molar-refractivity contribution in [1.82, 2.24) is 9.97 Å². The van der Waals surface area contributed by atoms with Crippen molar-refractivity contribution in [3.63, 3.8) is 0 Å². The average Bonchev–Trinajstić information content (AvgIpc) is 2.90. The Morgan fingerprint density at radius 3 is 3.00 bits per heavy atom. The number of rotatable bonds is 4. The van der Waals surface area contributed by atoms with Crippen molar-refractivity contribution in [1.29, 1.82) is 0 Å². The maximum atomic E-state index is 11.0. The Morgan fingerprint density at radius 2 is 2.44 bits per heavy atom. The van der Waals surface area contributed by atoms with Crippen molar-refractivity contribution in [2.45, 2.75) is 12.5 Å². The lowest BCUT2D eigenvalue weighted by Crippen LogP contribution is -2.33. The van der Waals surface area contributed by atoms with Crippen molar-refractivity contribution >= 4 is 17.5 Å². The number of nitrogens with zero attached hydrogens (tertiary/aromatic N) is 4. The number of ether oxygens (including phenoxy) is 1. The minimum absolute atomic E-state index is 0.0941. The van der Waals surface area contributed by atoms with E-state index in [1.807, 2.05) is 0 Å². The molecule has 0 bridgehead atoms. The molecule has 1 saturated heterocycles. The molecule has 1 aliphatic rings. The SMILES string of the molecule is CNc1ncc([N+](=O)[O-])c(N(C)C2CCOC2)n1. The number of hydrogen-bond donors (Lipinski definition) is 1. The summed E-state index contributed by atoms with van der Waals surface area (Å²) in [5.74, 6) is 0.677. The van der Waals surface area contributed by atoms with Crippen molar-refractivity contribution in [3.8, 4) is 0 Å². The van der Waals surface area contributed by atoms with Gasteiger partial charge in [-0.3, -0.25) is 10.1 Å². The van der Waals surface area contributed by atoms with E-state index < -0.39 is 4.92 Å². The van der Waals surface area contributed by atoms with Crippen LogP contribution in [0.1, 0.15) is 6.42 Å². The van der Waals surface area contributed by atoms with E-state index in [0.717, 1.165) is 6.42 Å². The highest BCUT2D eigenvalue weighted by Gasteiger charge is 2.28. The summed E-state index contributed by atoms with van der Waals surface area (Å²) in [6.07, 6.45) is 2.06. The van der Waals surface area contributed by atoms with E-state index >= 15 is 0 Å². The van der Waals surface area contributed by atoms with Crippen molar-refractivity contribution < 1.29 is 9.66 Å². The molecule has 2 rings (SSSR count). The van der Waals surface area contributed by atoms with E-state index in [2.05, 4.69) is 15.3 Å². The van der Waals surface area contributed by atoms with Gasteiger partial charge in [0.15, 0.2) is 0 Å². The monoisotopic (exact) mass is 253 g/mol. The summed E-state index contributed by atoms with van der Waals surface area (Å²) in [6.45, 7) is 1.24. The molecule has 0 radical (unpaired) electrons. The Labute approximate surface area is 104 Å². The fourth-order valence-electron chi connectivity index (χ4n) is 1.88. The zero-order valence-corrected chi connectivity index (χ0v) is 10.3. The van der Waals surface area contributed by atoms with Crippen LogP contribution >= 0.6 is 0 Å². The second kappa shape index (κ2) is 5.13. The lowest BCUT2D eigenvalue weighted by atomic mass is 10.2. The van der Waals surface area contributed by atoms with E-state index in [1.54, 1.807) is 19.0 Å². The number of aromatic nitrogens is 2.